The van der Waals surface area contributed by atoms with Crippen LogP contribution in [0.4, 0.5) is 24.5 Å². The maximum absolute atomic E-state index is 14.5. The molecule has 1 aromatic carbocycles. The van der Waals surface area contributed by atoms with Crippen molar-refractivity contribution in [1.82, 2.24) is 9.97 Å². The van der Waals surface area contributed by atoms with Crippen molar-refractivity contribution in [2.75, 3.05) is 29.1 Å². The van der Waals surface area contributed by atoms with E-state index in [4.69, 9.17) is 10.3 Å². The fourth-order valence-electron chi connectivity index (χ4n) is 8.53. The number of hydrogen-bond donors (Lipinski definition) is 5. The second-order valence-electron chi connectivity index (χ2n) is 14.9. The van der Waals surface area contributed by atoms with Crippen LogP contribution in [0.25, 0.3) is 11.3 Å². The van der Waals surface area contributed by atoms with E-state index < -0.39 is 74.2 Å². The highest BCUT2D eigenvalue weighted by Crippen LogP contribution is 2.64. The van der Waals surface area contributed by atoms with Crippen LogP contribution >= 0.6 is 0 Å². The fraction of sp³-hybridized carbons (Fsp3) is 0.500. The van der Waals surface area contributed by atoms with E-state index in [2.05, 4.69) is 15.3 Å². The zero-order chi connectivity index (χ0) is 37.9. The van der Waals surface area contributed by atoms with Crippen LogP contribution in [0.2, 0.25) is 0 Å². The van der Waals surface area contributed by atoms with Crippen LogP contribution in [-0.2, 0) is 21.3 Å². The van der Waals surface area contributed by atoms with E-state index in [0.717, 1.165) is 42.3 Å². The Morgan fingerprint density at radius 3 is 2.37 bits per heavy atom. The van der Waals surface area contributed by atoms with Crippen molar-refractivity contribution in [3.8, 4) is 11.3 Å². The van der Waals surface area contributed by atoms with Gasteiger partial charge >= 0.3 is 0 Å². The summed E-state index contributed by atoms with van der Waals surface area (Å²) >= 11 is 0. The van der Waals surface area contributed by atoms with Gasteiger partial charge in [-0.3, -0.25) is 19.1 Å². The number of nitrogens with two attached hydrogens (primary N) is 1. The summed E-state index contributed by atoms with van der Waals surface area (Å²) in [7, 11) is -4.08. The molecule has 0 radical (unpaired) electrons. The monoisotopic (exact) mass is 745 g/mol. The number of halogens is 3. The van der Waals surface area contributed by atoms with E-state index in [9.17, 15) is 41.4 Å². The van der Waals surface area contributed by atoms with Crippen molar-refractivity contribution in [3.05, 3.63) is 70.9 Å². The first-order chi connectivity index (χ1) is 24.3. The Morgan fingerprint density at radius 1 is 1.08 bits per heavy atom. The number of nitrogens with one attached hydrogen (secondary N) is 1. The second kappa shape index (κ2) is 13.8. The van der Waals surface area contributed by atoms with E-state index in [0.29, 0.717) is 55.8 Å². The zero-order valence-electron chi connectivity index (χ0n) is 28.9. The molecule has 2 unspecified atom stereocenters. The maximum Gasteiger partial charge on any atom is 0.274 e. The van der Waals surface area contributed by atoms with E-state index in [1.54, 1.807) is 0 Å². The summed E-state index contributed by atoms with van der Waals surface area (Å²) in [6, 6.07) is 4.61. The number of nitrogens with zero attached hydrogens (tertiary/aromatic N) is 3. The average Bonchev–Trinajstić information content (AvgIpc) is 3.61. The first-order valence-electron chi connectivity index (χ1n) is 17.1. The number of Topliss-reactive ketones (excluding diaryl/α,β-unsaturated/α-hetero) is 1. The van der Waals surface area contributed by atoms with Crippen molar-refractivity contribution in [3.63, 3.8) is 0 Å². The van der Waals surface area contributed by atoms with Gasteiger partial charge in [0.05, 0.1) is 52.2 Å². The van der Waals surface area contributed by atoms with Gasteiger partial charge in [0, 0.05) is 37.0 Å². The summed E-state index contributed by atoms with van der Waals surface area (Å²) in [6.45, 7) is 6.53. The van der Waals surface area contributed by atoms with Gasteiger partial charge in [-0.15, -0.1) is 0 Å². The fourth-order valence-corrected chi connectivity index (χ4v) is 9.83. The van der Waals surface area contributed by atoms with Crippen molar-refractivity contribution in [2.45, 2.75) is 71.1 Å². The average molecular weight is 746 g/mol. The standard InChI is InChI=1S/C26H26F3N5O3.C10H16O4S/c1-12-10-34(11-17(30)25(12)36)24-13-5-8-20(35)22(13)31-9-19(24)33-26(37)18-7-6-16(29)23(32-18)21-14(27)3-2-4-15(21)28;1-9(2)7-3-4-10(9,8(11)5-7)6-15(12,13)14/h2-4,6-7,9,12,17,20,25,35-36H,5,8,10-11,30H2,1H3,(H,33,37);7H,3-6H2,1-2H3,(H,12,13,14)/t12-,17+,20+,25+;/m0./s1. The second-order valence-corrected chi connectivity index (χ2v) is 16.4. The van der Waals surface area contributed by atoms with Crippen molar-refractivity contribution >= 4 is 33.2 Å². The van der Waals surface area contributed by atoms with E-state index in [1.807, 2.05) is 25.7 Å². The predicted octanol–water partition coefficient (Wildman–Crippen LogP) is 4.21. The quantitative estimate of drug-likeness (QED) is 0.227. The number of anilines is 2. The van der Waals surface area contributed by atoms with Gasteiger partial charge in [-0.25, -0.2) is 18.2 Å². The minimum absolute atomic E-state index is 0.0152. The number of piperidine rings is 1. The van der Waals surface area contributed by atoms with Crippen LogP contribution in [0.15, 0.2) is 36.5 Å². The molecule has 6 N–H and O–H groups in total. The van der Waals surface area contributed by atoms with Gasteiger partial charge in [0.1, 0.15) is 34.6 Å². The molecule has 1 saturated heterocycles. The number of aromatic nitrogens is 2. The molecule has 3 fully saturated rings. The molecule has 52 heavy (non-hydrogen) atoms. The van der Waals surface area contributed by atoms with Crippen LogP contribution in [0.5, 0.6) is 0 Å². The smallest absolute Gasteiger partial charge is 0.274 e. The summed E-state index contributed by atoms with van der Waals surface area (Å²) in [5.74, 6) is -4.00. The molecule has 1 amide bonds. The van der Waals surface area contributed by atoms with Gasteiger partial charge in [0.15, 0.2) is 0 Å². The van der Waals surface area contributed by atoms with Crippen molar-refractivity contribution in [1.29, 1.82) is 0 Å². The van der Waals surface area contributed by atoms with E-state index in [1.165, 1.54) is 6.20 Å². The minimum atomic E-state index is -4.08. The lowest BCUT2D eigenvalue weighted by Crippen LogP contribution is -2.56. The number of pyridine rings is 2. The molecule has 0 spiro atoms. The van der Waals surface area contributed by atoms with E-state index in [-0.39, 0.29) is 28.7 Å². The zero-order valence-corrected chi connectivity index (χ0v) is 29.8. The number of amides is 1. The summed E-state index contributed by atoms with van der Waals surface area (Å²) < 4.78 is 74.1. The summed E-state index contributed by atoms with van der Waals surface area (Å²) in [5.41, 5.74) is 5.73. The van der Waals surface area contributed by atoms with Gasteiger partial charge in [0.25, 0.3) is 16.0 Å². The van der Waals surface area contributed by atoms with Crippen LogP contribution in [0, 0.1) is 40.1 Å². The van der Waals surface area contributed by atoms with Crippen molar-refractivity contribution in [2.24, 2.45) is 28.4 Å². The molecule has 2 aromatic heterocycles. The molecular weight excluding hydrogens is 703 g/mol. The molecule has 16 heteroatoms. The number of benzene rings is 1. The Balaban J connectivity index is 0.000000258. The van der Waals surface area contributed by atoms with Crippen LogP contribution in [0.1, 0.15) is 74.3 Å². The van der Waals surface area contributed by atoms with Crippen molar-refractivity contribution < 1.29 is 45.9 Å². The first kappa shape index (κ1) is 37.8. The number of aliphatic hydroxyl groups is 2. The number of carbonyl (C=O) groups is 2. The topological polar surface area (TPSA) is 196 Å². The predicted molar refractivity (Wildman–Crippen MR) is 185 cm³/mol. The number of ketones is 1. The summed E-state index contributed by atoms with van der Waals surface area (Å²) in [6.07, 6.45) is 2.97. The lowest BCUT2D eigenvalue weighted by molar-refractivity contribution is -0.128. The third-order valence-electron chi connectivity index (χ3n) is 11.5. The summed E-state index contributed by atoms with van der Waals surface area (Å²) in [5, 5.41) is 23.4. The summed E-state index contributed by atoms with van der Waals surface area (Å²) in [4.78, 5) is 35.3. The Hall–Kier alpha value is -3.96. The number of hydrogen-bond acceptors (Lipinski definition) is 10. The van der Waals surface area contributed by atoms with Gasteiger partial charge in [-0.05, 0) is 61.3 Å². The largest absolute Gasteiger partial charge is 0.391 e. The molecular formula is C36H42F3N5O7S. The van der Waals surface area contributed by atoms with Gasteiger partial charge in [0.2, 0.25) is 0 Å². The van der Waals surface area contributed by atoms with Crippen LogP contribution in [-0.4, -0.2) is 75.8 Å². The SMILES string of the molecule is CC1(C)C2CCC1(CS(=O)(=O)O)C(=O)C2.C[C@H]1CN(c2c(NC(=O)c3ccc(F)c(-c4c(F)cccc4F)n3)cnc3c2CC[C@H]3O)C[C@@H](N)[C@@H]1O. The number of aliphatic hydroxyl groups excluding tert-OH is 2. The Kier molecular flexibility index (Phi) is 10.0. The van der Waals surface area contributed by atoms with E-state index >= 15 is 0 Å². The highest BCUT2D eigenvalue weighted by molar-refractivity contribution is 7.85. The third kappa shape index (κ3) is 6.70. The van der Waals surface area contributed by atoms with Crippen LogP contribution in [0.3, 0.4) is 0 Å². The van der Waals surface area contributed by atoms with Gasteiger partial charge in [-0.2, -0.15) is 8.42 Å². The first-order valence-corrected chi connectivity index (χ1v) is 18.7. The van der Waals surface area contributed by atoms with Gasteiger partial charge < -0.3 is 26.2 Å². The molecule has 3 heterocycles. The molecule has 3 aliphatic carbocycles. The van der Waals surface area contributed by atoms with Crippen LogP contribution < -0.4 is 16.0 Å². The minimum Gasteiger partial charge on any atom is -0.391 e. The number of carbonyl (C=O) groups excluding carboxylic acids is 2. The molecule has 4 aliphatic rings. The third-order valence-corrected chi connectivity index (χ3v) is 12.4. The number of rotatable bonds is 6. The molecule has 280 valence electrons. The molecule has 7 rings (SSSR count). The molecule has 3 aromatic rings. The molecule has 12 nitrogen and oxygen atoms in total. The van der Waals surface area contributed by atoms with Gasteiger partial charge in [-0.1, -0.05) is 26.8 Å². The molecule has 6 atom stereocenters. The lowest BCUT2D eigenvalue weighted by atomic mass is 9.70. The molecule has 2 saturated carbocycles. The maximum atomic E-state index is 14.5. The Labute approximate surface area is 299 Å². The normalized spacial score (nSPS) is 27.6. The molecule has 2 bridgehead atoms. The number of fused-ring (bicyclic) bond motifs is 3. The highest BCUT2D eigenvalue weighted by Gasteiger charge is 2.65. The highest BCUT2D eigenvalue weighted by atomic mass is 32.2. The Morgan fingerprint density at radius 2 is 1.77 bits per heavy atom. The Bertz CT molecular complexity index is 2000. The lowest BCUT2D eigenvalue weighted by Gasteiger charge is -2.41. The molecule has 1 aliphatic heterocycles.